The number of hydrogen-bond donors (Lipinski definition) is 0. The predicted octanol–water partition coefficient (Wildman–Crippen LogP) is 5.54. The van der Waals surface area contributed by atoms with Crippen LogP contribution in [0, 0.1) is 6.92 Å². The van der Waals surface area contributed by atoms with Gasteiger partial charge in [-0.3, -0.25) is 0 Å². The van der Waals surface area contributed by atoms with Crippen molar-refractivity contribution < 1.29 is 0 Å². The number of halogens is 2. The van der Waals surface area contributed by atoms with Crippen LogP contribution in [0.1, 0.15) is 21.9 Å². The van der Waals surface area contributed by atoms with Crippen LogP contribution in [0.3, 0.4) is 0 Å². The fourth-order valence-electron chi connectivity index (χ4n) is 1.80. The fraction of sp³-hybridized carbons (Fsp3) is 0.286. The highest BCUT2D eigenvalue weighted by molar-refractivity contribution is 9.10. The maximum absolute atomic E-state index is 3.63. The van der Waals surface area contributed by atoms with E-state index in [4.69, 9.17) is 0 Å². The predicted molar refractivity (Wildman–Crippen MR) is 83.4 cm³/mol. The van der Waals surface area contributed by atoms with E-state index < -0.39 is 0 Å². The summed E-state index contributed by atoms with van der Waals surface area (Å²) in [7, 11) is 0. The van der Waals surface area contributed by atoms with E-state index >= 15 is 0 Å². The highest BCUT2D eigenvalue weighted by Gasteiger charge is 2.12. The molecule has 0 aliphatic carbocycles. The molecule has 1 atom stereocenters. The van der Waals surface area contributed by atoms with Gasteiger partial charge >= 0.3 is 0 Å². The molecule has 0 bridgehead atoms. The van der Waals surface area contributed by atoms with Gasteiger partial charge in [-0.2, -0.15) is 0 Å². The minimum Gasteiger partial charge on any atom is -0.148 e. The first-order chi connectivity index (χ1) is 8.19. The molecule has 2 aromatic rings. The Morgan fingerprint density at radius 1 is 1.24 bits per heavy atom. The molecular weight excluding hydrogens is 360 g/mol. The Balaban J connectivity index is 2.13. The summed E-state index contributed by atoms with van der Waals surface area (Å²) in [6.07, 6.45) is 1.10. The van der Waals surface area contributed by atoms with E-state index in [1.54, 1.807) is 0 Å². The molecule has 1 aromatic heterocycles. The minimum absolute atomic E-state index is 0.557. The van der Waals surface area contributed by atoms with Gasteiger partial charge in [-0.25, -0.2) is 0 Å². The normalized spacial score (nSPS) is 12.6. The second-order valence-corrected chi connectivity index (χ2v) is 6.76. The lowest BCUT2D eigenvalue weighted by molar-refractivity contribution is 0.785. The van der Waals surface area contributed by atoms with Crippen molar-refractivity contribution in [2.24, 2.45) is 0 Å². The van der Waals surface area contributed by atoms with Gasteiger partial charge in [0.2, 0.25) is 0 Å². The van der Waals surface area contributed by atoms with Gasteiger partial charge in [-0.1, -0.05) is 45.8 Å². The SMILES string of the molecule is Cc1ccc(C(CBr)Cc2cc(Br)cs2)cc1. The Bertz CT molecular complexity index is 473. The maximum Gasteiger partial charge on any atom is 0.0285 e. The summed E-state index contributed by atoms with van der Waals surface area (Å²) in [4.78, 5) is 1.43. The van der Waals surface area contributed by atoms with Crippen LogP contribution in [0.15, 0.2) is 40.2 Å². The van der Waals surface area contributed by atoms with E-state index in [-0.39, 0.29) is 0 Å². The zero-order chi connectivity index (χ0) is 12.3. The van der Waals surface area contributed by atoms with Gasteiger partial charge in [-0.15, -0.1) is 11.3 Å². The van der Waals surface area contributed by atoms with Gasteiger partial charge in [0.25, 0.3) is 0 Å². The van der Waals surface area contributed by atoms with Gasteiger partial charge in [0.1, 0.15) is 0 Å². The third-order valence-electron chi connectivity index (χ3n) is 2.80. The Labute approximate surface area is 123 Å². The molecule has 0 fully saturated rings. The quantitative estimate of drug-likeness (QED) is 0.617. The van der Waals surface area contributed by atoms with Crippen molar-refractivity contribution in [1.82, 2.24) is 0 Å². The molecule has 0 saturated heterocycles. The Kier molecular flexibility index (Phi) is 4.83. The molecule has 0 N–H and O–H groups in total. The number of alkyl halides is 1. The fourth-order valence-corrected chi connectivity index (χ4v) is 3.94. The molecule has 1 heterocycles. The number of aryl methyl sites for hydroxylation is 1. The average Bonchev–Trinajstić information content (AvgIpc) is 2.73. The lowest BCUT2D eigenvalue weighted by Crippen LogP contribution is -2.03. The summed E-state index contributed by atoms with van der Waals surface area (Å²) in [5.41, 5.74) is 2.73. The van der Waals surface area contributed by atoms with Crippen LogP contribution < -0.4 is 0 Å². The molecule has 0 radical (unpaired) electrons. The summed E-state index contributed by atoms with van der Waals surface area (Å²) in [5, 5.41) is 3.15. The first kappa shape index (κ1) is 13.3. The van der Waals surface area contributed by atoms with Crippen molar-refractivity contribution in [3.05, 3.63) is 56.2 Å². The third kappa shape index (κ3) is 3.67. The largest absolute Gasteiger partial charge is 0.148 e. The van der Waals surface area contributed by atoms with Gasteiger partial charge in [0, 0.05) is 20.1 Å². The minimum atomic E-state index is 0.557. The monoisotopic (exact) mass is 372 g/mol. The van der Waals surface area contributed by atoms with Crippen molar-refractivity contribution in [3.63, 3.8) is 0 Å². The zero-order valence-electron chi connectivity index (χ0n) is 9.62. The molecule has 0 aliphatic heterocycles. The lowest BCUT2D eigenvalue weighted by Gasteiger charge is -2.13. The lowest BCUT2D eigenvalue weighted by atomic mass is 9.96. The highest BCUT2D eigenvalue weighted by Crippen LogP contribution is 2.28. The molecule has 0 saturated carbocycles. The molecule has 0 aliphatic rings. The summed E-state index contributed by atoms with van der Waals surface area (Å²) in [5.74, 6) is 0.557. The smallest absolute Gasteiger partial charge is 0.0285 e. The van der Waals surface area contributed by atoms with Crippen molar-refractivity contribution in [1.29, 1.82) is 0 Å². The standard InChI is InChI=1S/C14H14Br2S/c1-10-2-4-11(5-3-10)12(8-15)6-14-7-13(16)9-17-14/h2-5,7,9,12H,6,8H2,1H3. The van der Waals surface area contributed by atoms with E-state index in [2.05, 4.69) is 74.5 Å². The highest BCUT2D eigenvalue weighted by atomic mass is 79.9. The van der Waals surface area contributed by atoms with E-state index in [9.17, 15) is 0 Å². The van der Waals surface area contributed by atoms with E-state index in [1.807, 2.05) is 11.3 Å². The van der Waals surface area contributed by atoms with Crippen molar-refractivity contribution in [2.75, 3.05) is 5.33 Å². The number of benzene rings is 1. The van der Waals surface area contributed by atoms with Crippen LogP contribution in [0.4, 0.5) is 0 Å². The number of rotatable bonds is 4. The van der Waals surface area contributed by atoms with Crippen LogP contribution in [-0.4, -0.2) is 5.33 Å². The number of hydrogen-bond acceptors (Lipinski definition) is 1. The second kappa shape index (κ2) is 6.17. The van der Waals surface area contributed by atoms with Gasteiger partial charge in [0.05, 0.1) is 0 Å². The van der Waals surface area contributed by atoms with Crippen LogP contribution in [0.2, 0.25) is 0 Å². The molecule has 2 rings (SSSR count). The van der Waals surface area contributed by atoms with Crippen LogP contribution in [-0.2, 0) is 6.42 Å². The Hall–Kier alpha value is -0.120. The van der Waals surface area contributed by atoms with Crippen molar-refractivity contribution in [3.8, 4) is 0 Å². The third-order valence-corrected chi connectivity index (χ3v) is 5.31. The van der Waals surface area contributed by atoms with Crippen molar-refractivity contribution >= 4 is 43.2 Å². The van der Waals surface area contributed by atoms with Crippen molar-refractivity contribution in [2.45, 2.75) is 19.3 Å². The molecule has 90 valence electrons. The molecule has 1 unspecified atom stereocenters. The number of thiophene rings is 1. The molecule has 0 nitrogen and oxygen atoms in total. The molecular formula is C14H14Br2S. The first-order valence-electron chi connectivity index (χ1n) is 5.54. The van der Waals surface area contributed by atoms with Crippen LogP contribution in [0.25, 0.3) is 0 Å². The van der Waals surface area contributed by atoms with Gasteiger partial charge in [-0.05, 0) is 46.8 Å². The maximum atomic E-state index is 3.63. The molecule has 3 heteroatoms. The van der Waals surface area contributed by atoms with E-state index in [0.717, 1.165) is 11.8 Å². The average molecular weight is 374 g/mol. The second-order valence-electron chi connectivity index (χ2n) is 4.20. The van der Waals surface area contributed by atoms with E-state index in [0.29, 0.717) is 5.92 Å². The summed E-state index contributed by atoms with van der Waals surface area (Å²) in [6, 6.07) is 11.1. The molecule has 0 amide bonds. The summed E-state index contributed by atoms with van der Waals surface area (Å²) in [6.45, 7) is 2.13. The molecule has 17 heavy (non-hydrogen) atoms. The topological polar surface area (TPSA) is 0 Å². The van der Waals surface area contributed by atoms with E-state index in [1.165, 1.54) is 20.5 Å². The first-order valence-corrected chi connectivity index (χ1v) is 8.34. The van der Waals surface area contributed by atoms with Crippen LogP contribution in [0.5, 0.6) is 0 Å². The van der Waals surface area contributed by atoms with Gasteiger partial charge < -0.3 is 0 Å². The molecule has 1 aromatic carbocycles. The summed E-state index contributed by atoms with van der Waals surface area (Å²) < 4.78 is 1.19. The van der Waals surface area contributed by atoms with Crippen LogP contribution >= 0.6 is 43.2 Å². The zero-order valence-corrected chi connectivity index (χ0v) is 13.6. The molecule has 0 spiro atoms. The summed E-state index contributed by atoms with van der Waals surface area (Å²) >= 11 is 8.96. The Morgan fingerprint density at radius 2 is 1.94 bits per heavy atom. The Morgan fingerprint density at radius 3 is 2.47 bits per heavy atom. The van der Waals surface area contributed by atoms with Gasteiger partial charge in [0.15, 0.2) is 0 Å².